The van der Waals surface area contributed by atoms with Crippen LogP contribution in [0, 0.1) is 0 Å². The van der Waals surface area contributed by atoms with Crippen molar-refractivity contribution in [1.29, 1.82) is 0 Å². The number of aromatic nitrogens is 2. The molecule has 0 unspecified atom stereocenters. The number of hydrogen-bond acceptors (Lipinski definition) is 3. The zero-order chi connectivity index (χ0) is 17.2. The highest BCUT2D eigenvalue weighted by atomic mass is 16.2. The molecular weight excluding hydrogens is 312 g/mol. The molecule has 0 atom stereocenters. The van der Waals surface area contributed by atoms with Crippen LogP contribution in [-0.4, -0.2) is 21.4 Å². The van der Waals surface area contributed by atoms with Gasteiger partial charge in [0.05, 0.1) is 18.3 Å². The molecule has 1 aliphatic rings. The van der Waals surface area contributed by atoms with Gasteiger partial charge in [0.1, 0.15) is 0 Å². The maximum atomic E-state index is 12.4. The molecule has 25 heavy (non-hydrogen) atoms. The van der Waals surface area contributed by atoms with Gasteiger partial charge in [-0.3, -0.25) is 9.48 Å². The number of carbonyl (C=O) groups is 1. The Morgan fingerprint density at radius 1 is 1.20 bits per heavy atom. The topological polar surface area (TPSA) is 59.3 Å². The molecule has 0 fully saturated rings. The fourth-order valence-corrected chi connectivity index (χ4v) is 3.46. The minimum absolute atomic E-state index is 0.0973. The van der Waals surface area contributed by atoms with Gasteiger partial charge in [-0.05, 0) is 35.6 Å². The third-order valence-corrected chi connectivity index (χ3v) is 4.75. The van der Waals surface area contributed by atoms with Crippen molar-refractivity contribution in [3.8, 4) is 0 Å². The first kappa shape index (κ1) is 15.6. The van der Waals surface area contributed by atoms with Crippen LogP contribution in [0.1, 0.15) is 29.7 Å². The Hall–Kier alpha value is -2.95. The highest BCUT2D eigenvalue weighted by Gasteiger charge is 2.19. The summed E-state index contributed by atoms with van der Waals surface area (Å²) in [5.74, 6) is -0.0973. The average molecular weight is 332 g/mol. The molecule has 1 aliphatic carbocycles. The second-order valence-electron chi connectivity index (χ2n) is 6.39. The Morgan fingerprint density at radius 3 is 2.96 bits per heavy atom. The molecule has 5 nitrogen and oxygen atoms in total. The van der Waals surface area contributed by atoms with E-state index in [-0.39, 0.29) is 5.91 Å². The van der Waals surface area contributed by atoms with E-state index >= 15 is 0 Å². The van der Waals surface area contributed by atoms with Gasteiger partial charge in [0.15, 0.2) is 0 Å². The molecule has 4 rings (SSSR count). The number of hydrogen-bond donors (Lipinski definition) is 1. The summed E-state index contributed by atoms with van der Waals surface area (Å²) in [6.07, 6.45) is 5.06. The first-order chi connectivity index (χ1) is 12.2. The number of carbonyl (C=O) groups excluding carboxylic acids is 1. The Balaban J connectivity index is 1.51. The van der Waals surface area contributed by atoms with Gasteiger partial charge in [-0.25, -0.2) is 5.43 Å². The van der Waals surface area contributed by atoms with E-state index in [0.717, 1.165) is 46.9 Å². The molecule has 0 saturated carbocycles. The predicted octanol–water partition coefficient (Wildman–Crippen LogP) is 2.97. The van der Waals surface area contributed by atoms with E-state index in [9.17, 15) is 4.79 Å². The highest BCUT2D eigenvalue weighted by Crippen LogP contribution is 2.21. The summed E-state index contributed by atoms with van der Waals surface area (Å²) >= 11 is 0. The molecule has 3 aromatic rings. The summed E-state index contributed by atoms with van der Waals surface area (Å²) in [7, 11) is 1.95. The summed E-state index contributed by atoms with van der Waals surface area (Å²) in [5.41, 5.74) is 6.90. The first-order valence-electron chi connectivity index (χ1n) is 8.55. The predicted molar refractivity (Wildman–Crippen MR) is 98.5 cm³/mol. The molecule has 0 spiro atoms. The molecule has 0 radical (unpaired) electrons. The van der Waals surface area contributed by atoms with Gasteiger partial charge in [0, 0.05) is 18.3 Å². The number of fused-ring (bicyclic) bond motifs is 2. The van der Waals surface area contributed by atoms with Crippen molar-refractivity contribution in [2.24, 2.45) is 12.1 Å². The second kappa shape index (κ2) is 6.51. The SMILES string of the molecule is Cn1ncc2c1CCCC2=NNC(=O)Cc1cccc2ccccc12. The third-order valence-electron chi connectivity index (χ3n) is 4.75. The van der Waals surface area contributed by atoms with Crippen LogP contribution in [0.5, 0.6) is 0 Å². The van der Waals surface area contributed by atoms with E-state index < -0.39 is 0 Å². The van der Waals surface area contributed by atoms with Crippen molar-refractivity contribution in [3.05, 3.63) is 65.5 Å². The van der Waals surface area contributed by atoms with E-state index in [1.54, 1.807) is 0 Å². The lowest BCUT2D eigenvalue weighted by Gasteiger charge is -2.14. The molecule has 1 amide bonds. The summed E-state index contributed by atoms with van der Waals surface area (Å²) in [4.78, 5) is 12.4. The second-order valence-corrected chi connectivity index (χ2v) is 6.39. The van der Waals surface area contributed by atoms with Crippen molar-refractivity contribution in [2.45, 2.75) is 25.7 Å². The van der Waals surface area contributed by atoms with Crippen molar-refractivity contribution in [2.75, 3.05) is 0 Å². The zero-order valence-corrected chi connectivity index (χ0v) is 14.2. The number of nitrogens with one attached hydrogen (secondary N) is 1. The molecule has 5 heteroatoms. The van der Waals surface area contributed by atoms with E-state index in [4.69, 9.17) is 0 Å². The number of benzene rings is 2. The third kappa shape index (κ3) is 3.05. The minimum Gasteiger partial charge on any atom is -0.273 e. The molecule has 0 aliphatic heterocycles. The average Bonchev–Trinajstić information content (AvgIpc) is 3.02. The maximum absolute atomic E-state index is 12.4. The lowest BCUT2D eigenvalue weighted by molar-refractivity contribution is -0.120. The van der Waals surface area contributed by atoms with Crippen LogP contribution in [0.15, 0.2) is 53.8 Å². The summed E-state index contributed by atoms with van der Waals surface area (Å²) < 4.78 is 1.89. The van der Waals surface area contributed by atoms with Crippen molar-refractivity contribution in [3.63, 3.8) is 0 Å². The molecule has 126 valence electrons. The van der Waals surface area contributed by atoms with Gasteiger partial charge in [-0.1, -0.05) is 42.5 Å². The summed E-state index contributed by atoms with van der Waals surface area (Å²) in [5, 5.41) is 10.9. The smallest absolute Gasteiger partial charge is 0.244 e. The minimum atomic E-state index is -0.0973. The van der Waals surface area contributed by atoms with Gasteiger partial charge in [0.2, 0.25) is 5.91 Å². The number of rotatable bonds is 3. The quantitative estimate of drug-likeness (QED) is 0.750. The maximum Gasteiger partial charge on any atom is 0.244 e. The normalized spacial score (nSPS) is 15.3. The molecule has 1 aromatic heterocycles. The Kier molecular flexibility index (Phi) is 4.06. The number of amides is 1. The lowest BCUT2D eigenvalue weighted by Crippen LogP contribution is -2.23. The summed E-state index contributed by atoms with van der Waals surface area (Å²) in [6.45, 7) is 0. The van der Waals surface area contributed by atoms with Crippen molar-refractivity contribution >= 4 is 22.4 Å². The molecule has 0 bridgehead atoms. The Morgan fingerprint density at radius 2 is 2.04 bits per heavy atom. The fourth-order valence-electron chi connectivity index (χ4n) is 3.46. The van der Waals surface area contributed by atoms with Crippen molar-refractivity contribution in [1.82, 2.24) is 15.2 Å². The van der Waals surface area contributed by atoms with E-state index in [1.807, 2.05) is 48.3 Å². The van der Waals surface area contributed by atoms with Crippen LogP contribution in [0.4, 0.5) is 0 Å². The molecular formula is C20H20N4O. The molecule has 0 saturated heterocycles. The Bertz CT molecular complexity index is 965. The summed E-state index contributed by atoms with van der Waals surface area (Å²) in [6, 6.07) is 14.1. The van der Waals surface area contributed by atoms with Crippen LogP contribution >= 0.6 is 0 Å². The van der Waals surface area contributed by atoms with Gasteiger partial charge >= 0.3 is 0 Å². The number of nitrogens with zero attached hydrogens (tertiary/aromatic N) is 3. The molecule has 1 N–H and O–H groups in total. The molecule has 2 aromatic carbocycles. The fraction of sp³-hybridized carbons (Fsp3) is 0.250. The standard InChI is InChI=1S/C20H20N4O/c1-24-19-11-5-10-18(17(19)13-21-24)22-23-20(25)12-15-8-4-7-14-6-2-3-9-16(14)15/h2-4,6-9,13H,5,10-12H2,1H3,(H,23,25). The van der Waals surface area contributed by atoms with E-state index in [0.29, 0.717) is 6.42 Å². The van der Waals surface area contributed by atoms with Crippen LogP contribution < -0.4 is 5.43 Å². The van der Waals surface area contributed by atoms with E-state index in [2.05, 4.69) is 27.8 Å². The van der Waals surface area contributed by atoms with E-state index in [1.165, 1.54) is 5.69 Å². The van der Waals surface area contributed by atoms with Gasteiger partial charge in [0.25, 0.3) is 0 Å². The van der Waals surface area contributed by atoms with Crippen LogP contribution in [0.2, 0.25) is 0 Å². The number of hydrazone groups is 1. The molecule has 1 heterocycles. The van der Waals surface area contributed by atoms with Crippen molar-refractivity contribution < 1.29 is 4.79 Å². The number of aryl methyl sites for hydroxylation is 1. The Labute approximate surface area is 146 Å². The van der Waals surface area contributed by atoms with Crippen LogP contribution in [0.3, 0.4) is 0 Å². The highest BCUT2D eigenvalue weighted by molar-refractivity contribution is 6.02. The van der Waals surface area contributed by atoms with Gasteiger partial charge in [-0.15, -0.1) is 0 Å². The largest absolute Gasteiger partial charge is 0.273 e. The van der Waals surface area contributed by atoms with Crippen LogP contribution in [-0.2, 0) is 24.7 Å². The zero-order valence-electron chi connectivity index (χ0n) is 14.2. The van der Waals surface area contributed by atoms with Gasteiger partial charge in [-0.2, -0.15) is 10.2 Å². The lowest BCUT2D eigenvalue weighted by atomic mass is 9.96. The monoisotopic (exact) mass is 332 g/mol. The first-order valence-corrected chi connectivity index (χ1v) is 8.55. The van der Waals surface area contributed by atoms with Gasteiger partial charge < -0.3 is 0 Å². The van der Waals surface area contributed by atoms with Crippen LogP contribution in [0.25, 0.3) is 10.8 Å².